The summed E-state index contributed by atoms with van der Waals surface area (Å²) in [6.07, 6.45) is 0. The van der Waals surface area contributed by atoms with Crippen molar-refractivity contribution in [3.8, 4) is 5.75 Å². The lowest BCUT2D eigenvalue weighted by Gasteiger charge is -2.09. The van der Waals surface area contributed by atoms with Crippen molar-refractivity contribution in [1.29, 1.82) is 0 Å². The SMILES string of the molecule is C=C(OCC)c1ccc(C(=O)O)cc1O. The summed E-state index contributed by atoms with van der Waals surface area (Å²) >= 11 is 0. The maximum atomic E-state index is 10.6. The highest BCUT2D eigenvalue weighted by Crippen LogP contribution is 2.25. The zero-order valence-electron chi connectivity index (χ0n) is 8.36. The first-order valence-electron chi connectivity index (χ1n) is 4.44. The Kier molecular flexibility index (Phi) is 3.33. The minimum atomic E-state index is -1.08. The van der Waals surface area contributed by atoms with Gasteiger partial charge < -0.3 is 14.9 Å². The van der Waals surface area contributed by atoms with E-state index >= 15 is 0 Å². The van der Waals surface area contributed by atoms with Gasteiger partial charge in [-0.3, -0.25) is 0 Å². The molecule has 0 unspecified atom stereocenters. The number of phenols is 1. The molecule has 0 aliphatic carbocycles. The van der Waals surface area contributed by atoms with Crippen molar-refractivity contribution in [2.45, 2.75) is 6.92 Å². The highest BCUT2D eigenvalue weighted by Gasteiger charge is 2.10. The Morgan fingerprint density at radius 2 is 2.20 bits per heavy atom. The molecular formula is C11H12O4. The van der Waals surface area contributed by atoms with Crippen LogP contribution in [0.4, 0.5) is 0 Å². The third-order valence-electron chi connectivity index (χ3n) is 1.86. The number of aromatic carboxylic acids is 1. The molecule has 0 spiro atoms. The molecule has 80 valence electrons. The third kappa shape index (κ3) is 2.49. The van der Waals surface area contributed by atoms with E-state index in [9.17, 15) is 9.90 Å². The van der Waals surface area contributed by atoms with E-state index in [0.29, 0.717) is 17.9 Å². The standard InChI is InChI=1S/C11H12O4/c1-3-15-7(2)9-5-4-8(11(13)14)6-10(9)12/h4-6,12H,2-3H2,1H3,(H,13,14). The van der Waals surface area contributed by atoms with E-state index in [4.69, 9.17) is 9.84 Å². The second-order valence-corrected chi connectivity index (χ2v) is 2.89. The van der Waals surface area contributed by atoms with E-state index in [2.05, 4.69) is 6.58 Å². The van der Waals surface area contributed by atoms with Crippen LogP contribution in [0.5, 0.6) is 5.75 Å². The molecule has 0 aromatic heterocycles. The monoisotopic (exact) mass is 208 g/mol. The molecule has 0 fully saturated rings. The summed E-state index contributed by atoms with van der Waals surface area (Å²) in [5.74, 6) is -0.904. The van der Waals surface area contributed by atoms with Gasteiger partial charge in [0.2, 0.25) is 0 Å². The Labute approximate surface area is 87.4 Å². The summed E-state index contributed by atoms with van der Waals surface area (Å²) < 4.78 is 5.11. The number of hydrogen-bond donors (Lipinski definition) is 2. The molecule has 15 heavy (non-hydrogen) atoms. The van der Waals surface area contributed by atoms with E-state index in [-0.39, 0.29) is 11.3 Å². The molecule has 0 bridgehead atoms. The van der Waals surface area contributed by atoms with E-state index in [1.54, 1.807) is 6.92 Å². The average molecular weight is 208 g/mol. The number of carboxylic acids is 1. The molecule has 0 aliphatic rings. The van der Waals surface area contributed by atoms with E-state index < -0.39 is 5.97 Å². The van der Waals surface area contributed by atoms with Crippen LogP contribution in [-0.4, -0.2) is 22.8 Å². The number of aromatic hydroxyl groups is 1. The molecule has 0 atom stereocenters. The van der Waals surface area contributed by atoms with Gasteiger partial charge in [0.15, 0.2) is 0 Å². The first-order chi connectivity index (χ1) is 7.06. The molecule has 1 aromatic carbocycles. The van der Waals surface area contributed by atoms with Gasteiger partial charge in [-0.1, -0.05) is 6.58 Å². The molecule has 2 N–H and O–H groups in total. The first-order valence-corrected chi connectivity index (χ1v) is 4.44. The quantitative estimate of drug-likeness (QED) is 0.743. The molecule has 0 saturated heterocycles. The summed E-state index contributed by atoms with van der Waals surface area (Å²) in [5.41, 5.74) is 0.433. The molecule has 0 heterocycles. The van der Waals surface area contributed by atoms with Gasteiger partial charge in [0.1, 0.15) is 11.5 Å². The molecule has 1 rings (SSSR count). The number of rotatable bonds is 4. The minimum Gasteiger partial charge on any atom is -0.507 e. The topological polar surface area (TPSA) is 66.8 Å². The van der Waals surface area contributed by atoms with Crippen molar-refractivity contribution in [3.05, 3.63) is 35.9 Å². The Morgan fingerprint density at radius 3 is 2.67 bits per heavy atom. The second-order valence-electron chi connectivity index (χ2n) is 2.89. The number of ether oxygens (including phenoxy) is 1. The Balaban J connectivity index is 3.03. The predicted octanol–water partition coefficient (Wildman–Crippen LogP) is 2.10. The lowest BCUT2D eigenvalue weighted by Crippen LogP contribution is -1.97. The molecule has 4 heteroatoms. The van der Waals surface area contributed by atoms with Crippen molar-refractivity contribution in [1.82, 2.24) is 0 Å². The lowest BCUT2D eigenvalue weighted by atomic mass is 10.1. The van der Waals surface area contributed by atoms with E-state index in [1.807, 2.05) is 0 Å². The largest absolute Gasteiger partial charge is 0.507 e. The molecular weight excluding hydrogens is 196 g/mol. The summed E-state index contributed by atoms with van der Waals surface area (Å²) in [6.45, 7) is 5.86. The van der Waals surface area contributed by atoms with E-state index in [1.165, 1.54) is 18.2 Å². The number of hydrogen-bond acceptors (Lipinski definition) is 3. The van der Waals surface area contributed by atoms with Crippen molar-refractivity contribution in [3.63, 3.8) is 0 Å². The fourth-order valence-corrected chi connectivity index (χ4v) is 1.15. The Bertz CT molecular complexity index is 396. The molecule has 0 aliphatic heterocycles. The van der Waals surface area contributed by atoms with Crippen LogP contribution in [-0.2, 0) is 4.74 Å². The molecule has 1 aromatic rings. The van der Waals surface area contributed by atoms with Crippen LogP contribution < -0.4 is 0 Å². The summed E-state index contributed by atoms with van der Waals surface area (Å²) in [4.78, 5) is 10.6. The Hall–Kier alpha value is -1.97. The molecule has 0 amide bonds. The molecule has 0 saturated carbocycles. The summed E-state index contributed by atoms with van der Waals surface area (Å²) in [6, 6.07) is 4.03. The summed E-state index contributed by atoms with van der Waals surface area (Å²) in [7, 11) is 0. The minimum absolute atomic E-state index is 0.0283. The van der Waals surface area contributed by atoms with Gasteiger partial charge in [-0.15, -0.1) is 0 Å². The van der Waals surface area contributed by atoms with Crippen LogP contribution in [0.15, 0.2) is 24.8 Å². The fraction of sp³-hybridized carbons (Fsp3) is 0.182. The van der Waals surface area contributed by atoms with Crippen molar-refractivity contribution >= 4 is 11.7 Å². The zero-order chi connectivity index (χ0) is 11.4. The smallest absolute Gasteiger partial charge is 0.335 e. The number of carbonyl (C=O) groups is 1. The normalized spacial score (nSPS) is 9.67. The maximum absolute atomic E-state index is 10.6. The van der Waals surface area contributed by atoms with Crippen LogP contribution in [0.2, 0.25) is 0 Å². The van der Waals surface area contributed by atoms with Gasteiger partial charge in [0, 0.05) is 0 Å². The van der Waals surface area contributed by atoms with Crippen molar-refractivity contribution < 1.29 is 19.7 Å². The number of benzene rings is 1. The van der Waals surface area contributed by atoms with Crippen molar-refractivity contribution in [2.24, 2.45) is 0 Å². The molecule has 4 nitrogen and oxygen atoms in total. The van der Waals surface area contributed by atoms with Gasteiger partial charge in [-0.25, -0.2) is 4.79 Å². The zero-order valence-corrected chi connectivity index (χ0v) is 8.36. The molecule has 0 radical (unpaired) electrons. The van der Waals surface area contributed by atoms with E-state index in [0.717, 1.165) is 0 Å². The van der Waals surface area contributed by atoms with Gasteiger partial charge in [-0.05, 0) is 25.1 Å². The summed E-state index contributed by atoms with van der Waals surface area (Å²) in [5, 5.41) is 18.2. The third-order valence-corrected chi connectivity index (χ3v) is 1.86. The lowest BCUT2D eigenvalue weighted by molar-refractivity contribution is 0.0696. The van der Waals surface area contributed by atoms with Crippen LogP contribution >= 0.6 is 0 Å². The average Bonchev–Trinajstić information content (AvgIpc) is 2.17. The van der Waals surface area contributed by atoms with Crippen LogP contribution in [0.25, 0.3) is 5.76 Å². The van der Waals surface area contributed by atoms with Crippen molar-refractivity contribution in [2.75, 3.05) is 6.61 Å². The number of carboxylic acid groups (broad SMARTS) is 1. The van der Waals surface area contributed by atoms with Crippen LogP contribution in [0.1, 0.15) is 22.8 Å². The number of phenolic OH excluding ortho intramolecular Hbond substituents is 1. The van der Waals surface area contributed by atoms with Crippen LogP contribution in [0, 0.1) is 0 Å². The second kappa shape index (κ2) is 4.50. The highest BCUT2D eigenvalue weighted by atomic mass is 16.5. The van der Waals surface area contributed by atoms with Gasteiger partial charge in [0.05, 0.1) is 17.7 Å². The fourth-order valence-electron chi connectivity index (χ4n) is 1.15. The van der Waals surface area contributed by atoms with Gasteiger partial charge in [-0.2, -0.15) is 0 Å². The predicted molar refractivity (Wildman–Crippen MR) is 55.7 cm³/mol. The van der Waals surface area contributed by atoms with Gasteiger partial charge >= 0.3 is 5.97 Å². The first kappa shape index (κ1) is 11.1. The highest BCUT2D eigenvalue weighted by molar-refractivity contribution is 5.88. The Morgan fingerprint density at radius 1 is 1.53 bits per heavy atom. The van der Waals surface area contributed by atoms with Gasteiger partial charge in [0.25, 0.3) is 0 Å². The maximum Gasteiger partial charge on any atom is 0.335 e. The van der Waals surface area contributed by atoms with Crippen LogP contribution in [0.3, 0.4) is 0 Å².